The van der Waals surface area contributed by atoms with E-state index in [1.54, 1.807) is 0 Å². The first-order valence-electron chi connectivity index (χ1n) is 18.4. The maximum Gasteiger partial charge on any atom is 0.119 e. The van der Waals surface area contributed by atoms with Crippen LogP contribution < -0.4 is 9.64 Å². The van der Waals surface area contributed by atoms with Gasteiger partial charge in [0.2, 0.25) is 0 Å². The molecule has 0 amide bonds. The fraction of sp³-hybridized carbons (Fsp3) is 0.143. The SMILES string of the molecule is CCC(C)c1ccc(-c2ccc3c(c2)c2cc(-c4ccc(N(c5ccccc5)c5ccccc5)cc4)ccc2n3-c2ccc(OC(C)C)cc2)cc1. The minimum Gasteiger partial charge on any atom is -0.491 e. The zero-order chi connectivity index (χ0) is 35.6. The van der Waals surface area contributed by atoms with E-state index in [4.69, 9.17) is 4.74 Å². The minimum atomic E-state index is 0.129. The Labute approximate surface area is 307 Å². The van der Waals surface area contributed by atoms with Crippen molar-refractivity contribution in [1.82, 2.24) is 4.57 Å². The highest BCUT2D eigenvalue weighted by molar-refractivity contribution is 6.11. The van der Waals surface area contributed by atoms with Gasteiger partial charge in [-0.25, -0.2) is 0 Å². The molecule has 8 rings (SSSR count). The number of fused-ring (bicyclic) bond motifs is 3. The predicted octanol–water partition coefficient (Wildman–Crippen LogP) is 13.9. The molecule has 256 valence electrons. The van der Waals surface area contributed by atoms with Gasteiger partial charge in [-0.1, -0.05) is 98.8 Å². The maximum absolute atomic E-state index is 5.98. The third-order valence-electron chi connectivity index (χ3n) is 10.1. The molecule has 0 saturated heterocycles. The summed E-state index contributed by atoms with van der Waals surface area (Å²) in [6, 6.07) is 61.4. The van der Waals surface area contributed by atoms with Crippen LogP contribution in [0.15, 0.2) is 170 Å². The van der Waals surface area contributed by atoms with Crippen molar-refractivity contribution < 1.29 is 4.74 Å². The van der Waals surface area contributed by atoms with Crippen molar-refractivity contribution in [3.8, 4) is 33.7 Å². The lowest BCUT2D eigenvalue weighted by Gasteiger charge is -2.25. The molecule has 0 bridgehead atoms. The molecule has 0 aliphatic carbocycles. The number of rotatable bonds is 10. The van der Waals surface area contributed by atoms with Gasteiger partial charge in [0, 0.05) is 33.5 Å². The molecule has 8 aromatic rings. The fourth-order valence-electron chi connectivity index (χ4n) is 7.25. The number of hydrogen-bond donors (Lipinski definition) is 0. The Hall–Kier alpha value is -6.06. The quantitative estimate of drug-likeness (QED) is 0.143. The van der Waals surface area contributed by atoms with E-state index in [1.807, 2.05) is 0 Å². The molecule has 1 unspecified atom stereocenters. The van der Waals surface area contributed by atoms with Gasteiger partial charge in [0.15, 0.2) is 0 Å². The Morgan fingerprint density at radius 1 is 0.500 bits per heavy atom. The number of benzene rings is 7. The molecule has 1 aromatic heterocycles. The monoisotopic (exact) mass is 676 g/mol. The maximum atomic E-state index is 5.98. The van der Waals surface area contributed by atoms with E-state index in [0.29, 0.717) is 5.92 Å². The second kappa shape index (κ2) is 14.3. The van der Waals surface area contributed by atoms with Crippen LogP contribution >= 0.6 is 0 Å². The lowest BCUT2D eigenvalue weighted by Crippen LogP contribution is -2.09. The summed E-state index contributed by atoms with van der Waals surface area (Å²) >= 11 is 0. The second-order valence-corrected chi connectivity index (χ2v) is 13.9. The Morgan fingerprint density at radius 2 is 0.962 bits per heavy atom. The Kier molecular flexibility index (Phi) is 9.09. The van der Waals surface area contributed by atoms with Crippen LogP contribution in [-0.4, -0.2) is 10.7 Å². The fourth-order valence-corrected chi connectivity index (χ4v) is 7.25. The summed E-state index contributed by atoms with van der Waals surface area (Å²) in [6.07, 6.45) is 1.27. The molecule has 7 aromatic carbocycles. The van der Waals surface area contributed by atoms with Crippen LogP contribution in [0, 0.1) is 0 Å². The largest absolute Gasteiger partial charge is 0.491 e. The van der Waals surface area contributed by atoms with Crippen LogP contribution in [0.5, 0.6) is 5.75 Å². The van der Waals surface area contributed by atoms with Crippen molar-refractivity contribution in [2.75, 3.05) is 4.90 Å². The number of aromatic nitrogens is 1. The third kappa shape index (κ3) is 6.47. The molecular formula is C49H44N2O. The van der Waals surface area contributed by atoms with Crippen LogP contribution in [0.2, 0.25) is 0 Å². The molecule has 3 nitrogen and oxygen atoms in total. The van der Waals surface area contributed by atoms with E-state index in [1.165, 1.54) is 49.6 Å². The van der Waals surface area contributed by atoms with Gasteiger partial charge >= 0.3 is 0 Å². The van der Waals surface area contributed by atoms with Gasteiger partial charge in [-0.3, -0.25) is 0 Å². The zero-order valence-electron chi connectivity index (χ0n) is 30.3. The van der Waals surface area contributed by atoms with Gasteiger partial charge in [-0.2, -0.15) is 0 Å². The van der Waals surface area contributed by atoms with Crippen LogP contribution in [0.3, 0.4) is 0 Å². The van der Waals surface area contributed by atoms with Crippen molar-refractivity contribution in [2.45, 2.75) is 46.1 Å². The number of hydrogen-bond acceptors (Lipinski definition) is 2. The van der Waals surface area contributed by atoms with E-state index < -0.39 is 0 Å². The normalized spacial score (nSPS) is 12.0. The highest BCUT2D eigenvalue weighted by atomic mass is 16.5. The van der Waals surface area contributed by atoms with Gasteiger partial charge in [0.05, 0.1) is 17.1 Å². The number of para-hydroxylation sites is 2. The molecular weight excluding hydrogens is 633 g/mol. The second-order valence-electron chi connectivity index (χ2n) is 13.9. The van der Waals surface area contributed by atoms with E-state index >= 15 is 0 Å². The topological polar surface area (TPSA) is 17.4 Å². The number of anilines is 3. The van der Waals surface area contributed by atoms with Gasteiger partial charge in [-0.15, -0.1) is 0 Å². The summed E-state index contributed by atoms with van der Waals surface area (Å²) in [5, 5.41) is 2.46. The zero-order valence-corrected chi connectivity index (χ0v) is 30.3. The Balaban J connectivity index is 1.23. The molecule has 0 N–H and O–H groups in total. The smallest absolute Gasteiger partial charge is 0.119 e. The molecule has 1 atom stereocenters. The molecule has 0 saturated carbocycles. The van der Waals surface area contributed by atoms with Crippen LogP contribution in [-0.2, 0) is 0 Å². The summed E-state index contributed by atoms with van der Waals surface area (Å²) in [4.78, 5) is 2.30. The van der Waals surface area contributed by atoms with Crippen molar-refractivity contribution in [3.05, 3.63) is 175 Å². The van der Waals surface area contributed by atoms with E-state index in [0.717, 1.165) is 34.9 Å². The van der Waals surface area contributed by atoms with Crippen molar-refractivity contribution in [2.24, 2.45) is 0 Å². The predicted molar refractivity (Wildman–Crippen MR) is 221 cm³/mol. The Bertz CT molecular complexity index is 2390. The minimum absolute atomic E-state index is 0.129. The third-order valence-corrected chi connectivity index (χ3v) is 10.1. The van der Waals surface area contributed by atoms with Gasteiger partial charge in [0.1, 0.15) is 5.75 Å². The molecule has 0 radical (unpaired) electrons. The van der Waals surface area contributed by atoms with Crippen molar-refractivity contribution in [1.29, 1.82) is 0 Å². The Morgan fingerprint density at radius 3 is 1.44 bits per heavy atom. The van der Waals surface area contributed by atoms with Crippen molar-refractivity contribution >= 4 is 38.9 Å². The highest BCUT2D eigenvalue weighted by Crippen LogP contribution is 2.39. The number of ether oxygens (including phenoxy) is 1. The van der Waals surface area contributed by atoms with E-state index in [2.05, 4.69) is 207 Å². The van der Waals surface area contributed by atoms with E-state index in [-0.39, 0.29) is 6.10 Å². The van der Waals surface area contributed by atoms with Gasteiger partial charge in [-0.05, 0) is 139 Å². The van der Waals surface area contributed by atoms with Gasteiger partial charge < -0.3 is 14.2 Å². The summed E-state index contributed by atoms with van der Waals surface area (Å²) in [5.74, 6) is 1.44. The van der Waals surface area contributed by atoms with Crippen LogP contribution in [0.4, 0.5) is 17.1 Å². The molecule has 0 aliphatic heterocycles. The first-order valence-corrected chi connectivity index (χ1v) is 18.4. The molecule has 0 fully saturated rings. The van der Waals surface area contributed by atoms with Crippen LogP contribution in [0.1, 0.15) is 45.6 Å². The molecule has 0 spiro atoms. The van der Waals surface area contributed by atoms with Gasteiger partial charge in [0.25, 0.3) is 0 Å². The standard InChI is InChI=1S/C49H44N2O/c1-5-35(4)36-16-18-37(19-17-36)39-22-30-48-46(32-39)47-33-40(23-31-49(47)51(48)44-26-28-45(29-27-44)52-34(2)3)38-20-24-43(25-21-38)50(41-12-8-6-9-13-41)42-14-10-7-11-15-42/h6-35H,5H2,1-4H3. The number of nitrogens with zero attached hydrogens (tertiary/aromatic N) is 2. The lowest BCUT2D eigenvalue weighted by atomic mass is 9.95. The molecule has 3 heteroatoms. The first kappa shape index (κ1) is 33.1. The molecule has 52 heavy (non-hydrogen) atoms. The first-order chi connectivity index (χ1) is 25.5. The van der Waals surface area contributed by atoms with Crippen molar-refractivity contribution in [3.63, 3.8) is 0 Å². The average Bonchev–Trinajstić information content (AvgIpc) is 3.52. The summed E-state index contributed by atoms with van der Waals surface area (Å²) in [7, 11) is 0. The average molecular weight is 677 g/mol. The summed E-state index contributed by atoms with van der Waals surface area (Å²) in [5.41, 5.74) is 13.1. The summed E-state index contributed by atoms with van der Waals surface area (Å²) in [6.45, 7) is 8.67. The highest BCUT2D eigenvalue weighted by Gasteiger charge is 2.17. The lowest BCUT2D eigenvalue weighted by molar-refractivity contribution is 0.242. The molecule has 1 heterocycles. The van der Waals surface area contributed by atoms with E-state index in [9.17, 15) is 0 Å². The molecule has 0 aliphatic rings. The van der Waals surface area contributed by atoms with Crippen LogP contribution in [0.25, 0.3) is 49.7 Å². The summed E-state index contributed by atoms with van der Waals surface area (Å²) < 4.78 is 8.36.